The van der Waals surface area contributed by atoms with Gasteiger partial charge in [-0.1, -0.05) is 26.8 Å². The lowest BCUT2D eigenvalue weighted by atomic mass is 9.81. The first-order chi connectivity index (χ1) is 9.63. The fourth-order valence-electron chi connectivity index (χ4n) is 2.43. The minimum Gasteiger partial charge on any atom is -0.490 e. The predicted molar refractivity (Wildman–Crippen MR) is 82.9 cm³/mol. The van der Waals surface area contributed by atoms with E-state index in [-0.39, 0.29) is 5.41 Å². The summed E-state index contributed by atoms with van der Waals surface area (Å²) in [5.41, 5.74) is 1.46. The summed E-state index contributed by atoms with van der Waals surface area (Å²) in [6.07, 6.45) is 3.26. The van der Waals surface area contributed by atoms with Crippen molar-refractivity contribution in [3.63, 3.8) is 0 Å². The van der Waals surface area contributed by atoms with Crippen molar-refractivity contribution in [3.05, 3.63) is 23.8 Å². The third-order valence-corrected chi connectivity index (χ3v) is 3.88. The van der Waals surface area contributed by atoms with E-state index in [1.165, 1.54) is 12.0 Å². The first-order valence-electron chi connectivity index (χ1n) is 7.74. The lowest BCUT2D eigenvalue weighted by Crippen LogP contribution is -2.26. The summed E-state index contributed by atoms with van der Waals surface area (Å²) in [5, 5.41) is 3.48. The average molecular weight is 277 g/mol. The Labute approximate surface area is 122 Å². The van der Waals surface area contributed by atoms with Gasteiger partial charge in [0.2, 0.25) is 0 Å². The van der Waals surface area contributed by atoms with E-state index in [1.54, 1.807) is 0 Å². The Balaban J connectivity index is 2.05. The van der Waals surface area contributed by atoms with Gasteiger partial charge in [-0.05, 0) is 49.0 Å². The van der Waals surface area contributed by atoms with Crippen molar-refractivity contribution in [1.29, 1.82) is 0 Å². The number of benzene rings is 1. The third kappa shape index (κ3) is 3.89. The van der Waals surface area contributed by atoms with Gasteiger partial charge in [-0.15, -0.1) is 0 Å². The molecule has 20 heavy (non-hydrogen) atoms. The molecule has 0 aromatic heterocycles. The molecule has 0 atom stereocenters. The van der Waals surface area contributed by atoms with Gasteiger partial charge in [0.05, 0.1) is 13.2 Å². The van der Waals surface area contributed by atoms with E-state index in [0.717, 1.165) is 50.6 Å². The van der Waals surface area contributed by atoms with Gasteiger partial charge in [0.1, 0.15) is 0 Å². The number of ether oxygens (including phenoxy) is 2. The molecule has 1 aromatic rings. The van der Waals surface area contributed by atoms with Crippen LogP contribution >= 0.6 is 0 Å². The molecule has 1 N–H and O–H groups in total. The Morgan fingerprint density at radius 2 is 1.85 bits per heavy atom. The van der Waals surface area contributed by atoms with Crippen LogP contribution in [0.15, 0.2) is 18.2 Å². The molecule has 1 aliphatic heterocycles. The van der Waals surface area contributed by atoms with Crippen molar-refractivity contribution < 1.29 is 9.47 Å². The highest BCUT2D eigenvalue weighted by Crippen LogP contribution is 2.36. The van der Waals surface area contributed by atoms with Crippen molar-refractivity contribution in [1.82, 2.24) is 5.32 Å². The van der Waals surface area contributed by atoms with Gasteiger partial charge in [0.25, 0.3) is 0 Å². The predicted octanol–water partition coefficient (Wildman–Crippen LogP) is 3.52. The first kappa shape index (κ1) is 15.2. The molecular formula is C17H27NO2. The SMILES string of the molecule is CCCNCCC(C)(C)c1ccc2c(c1)OCCCO2. The Hall–Kier alpha value is -1.22. The fourth-order valence-corrected chi connectivity index (χ4v) is 2.43. The standard InChI is InChI=1S/C17H27NO2/c1-4-9-18-10-8-17(2,3)14-6-7-15-16(13-14)20-12-5-11-19-15/h6-7,13,18H,4-5,8-12H2,1-3H3. The van der Waals surface area contributed by atoms with Crippen LogP contribution in [0.1, 0.15) is 45.6 Å². The van der Waals surface area contributed by atoms with Crippen LogP contribution in [0.3, 0.4) is 0 Å². The summed E-state index contributed by atoms with van der Waals surface area (Å²) in [5.74, 6) is 1.78. The Kier molecular flexibility index (Phi) is 5.30. The minimum atomic E-state index is 0.144. The molecule has 0 fully saturated rings. The largest absolute Gasteiger partial charge is 0.490 e. The van der Waals surface area contributed by atoms with Crippen LogP contribution in [0.25, 0.3) is 0 Å². The van der Waals surface area contributed by atoms with Gasteiger partial charge in [0.15, 0.2) is 11.5 Å². The minimum absolute atomic E-state index is 0.144. The highest BCUT2D eigenvalue weighted by atomic mass is 16.5. The normalized spacial score (nSPS) is 14.9. The van der Waals surface area contributed by atoms with E-state index < -0.39 is 0 Å². The first-order valence-corrected chi connectivity index (χ1v) is 7.74. The molecule has 112 valence electrons. The Morgan fingerprint density at radius 3 is 2.60 bits per heavy atom. The van der Waals surface area contributed by atoms with Crippen molar-refractivity contribution in [2.75, 3.05) is 26.3 Å². The number of nitrogens with one attached hydrogen (secondary N) is 1. The van der Waals surface area contributed by atoms with Crippen LogP contribution in [-0.2, 0) is 5.41 Å². The van der Waals surface area contributed by atoms with Gasteiger partial charge in [-0.25, -0.2) is 0 Å². The van der Waals surface area contributed by atoms with Crippen LogP contribution in [0.5, 0.6) is 11.5 Å². The van der Waals surface area contributed by atoms with Crippen LogP contribution in [0.4, 0.5) is 0 Å². The molecule has 1 heterocycles. The van der Waals surface area contributed by atoms with E-state index >= 15 is 0 Å². The Bertz CT molecular complexity index is 429. The van der Waals surface area contributed by atoms with Gasteiger partial charge in [0, 0.05) is 6.42 Å². The van der Waals surface area contributed by atoms with Crippen molar-refractivity contribution in [2.24, 2.45) is 0 Å². The smallest absolute Gasteiger partial charge is 0.161 e. The summed E-state index contributed by atoms with van der Waals surface area (Å²) in [6.45, 7) is 10.4. The maximum absolute atomic E-state index is 5.79. The highest BCUT2D eigenvalue weighted by molar-refractivity contribution is 5.45. The molecule has 3 heteroatoms. The molecule has 0 saturated carbocycles. The maximum Gasteiger partial charge on any atom is 0.161 e. The molecular weight excluding hydrogens is 250 g/mol. The van der Waals surface area contributed by atoms with Gasteiger partial charge < -0.3 is 14.8 Å². The summed E-state index contributed by atoms with van der Waals surface area (Å²) < 4.78 is 11.5. The van der Waals surface area contributed by atoms with Gasteiger partial charge in [-0.2, -0.15) is 0 Å². The van der Waals surface area contributed by atoms with Crippen LogP contribution in [0.2, 0.25) is 0 Å². The molecule has 2 rings (SSSR count). The van der Waals surface area contributed by atoms with Gasteiger partial charge in [-0.3, -0.25) is 0 Å². The second-order valence-corrected chi connectivity index (χ2v) is 6.10. The zero-order chi connectivity index (χ0) is 14.4. The highest BCUT2D eigenvalue weighted by Gasteiger charge is 2.22. The number of hydrogen-bond donors (Lipinski definition) is 1. The molecule has 1 aromatic carbocycles. The molecule has 3 nitrogen and oxygen atoms in total. The van der Waals surface area contributed by atoms with E-state index in [0.29, 0.717) is 0 Å². The van der Waals surface area contributed by atoms with Crippen molar-refractivity contribution in [3.8, 4) is 11.5 Å². The number of rotatable bonds is 6. The maximum atomic E-state index is 5.79. The van der Waals surface area contributed by atoms with Crippen LogP contribution < -0.4 is 14.8 Å². The molecule has 0 aliphatic carbocycles. The van der Waals surface area contributed by atoms with Gasteiger partial charge >= 0.3 is 0 Å². The van der Waals surface area contributed by atoms with Crippen LogP contribution in [0, 0.1) is 0 Å². The summed E-state index contributed by atoms with van der Waals surface area (Å²) in [7, 11) is 0. The second kappa shape index (κ2) is 6.98. The lowest BCUT2D eigenvalue weighted by Gasteiger charge is -2.26. The summed E-state index contributed by atoms with van der Waals surface area (Å²) in [4.78, 5) is 0. The molecule has 0 bridgehead atoms. The zero-order valence-electron chi connectivity index (χ0n) is 13.0. The molecule has 0 radical (unpaired) electrons. The fraction of sp³-hybridized carbons (Fsp3) is 0.647. The van der Waals surface area contributed by atoms with E-state index in [4.69, 9.17) is 9.47 Å². The molecule has 0 saturated heterocycles. The quantitative estimate of drug-likeness (QED) is 0.807. The average Bonchev–Trinajstić information content (AvgIpc) is 2.68. The van der Waals surface area contributed by atoms with E-state index in [2.05, 4.69) is 44.3 Å². The second-order valence-electron chi connectivity index (χ2n) is 6.10. The van der Waals surface area contributed by atoms with E-state index in [9.17, 15) is 0 Å². The van der Waals surface area contributed by atoms with Crippen LogP contribution in [-0.4, -0.2) is 26.3 Å². The summed E-state index contributed by atoms with van der Waals surface area (Å²) >= 11 is 0. The molecule has 0 amide bonds. The van der Waals surface area contributed by atoms with Crippen molar-refractivity contribution >= 4 is 0 Å². The van der Waals surface area contributed by atoms with E-state index in [1.807, 2.05) is 0 Å². The molecule has 0 spiro atoms. The third-order valence-electron chi connectivity index (χ3n) is 3.88. The molecule has 1 aliphatic rings. The Morgan fingerprint density at radius 1 is 1.10 bits per heavy atom. The monoisotopic (exact) mass is 277 g/mol. The molecule has 0 unspecified atom stereocenters. The summed E-state index contributed by atoms with van der Waals surface area (Å²) in [6, 6.07) is 6.38. The number of hydrogen-bond acceptors (Lipinski definition) is 3. The topological polar surface area (TPSA) is 30.5 Å². The number of fused-ring (bicyclic) bond motifs is 1. The van der Waals surface area contributed by atoms with Crippen molar-refractivity contribution in [2.45, 2.75) is 45.4 Å². The lowest BCUT2D eigenvalue weighted by molar-refractivity contribution is 0.296. The zero-order valence-corrected chi connectivity index (χ0v) is 13.0.